The lowest BCUT2D eigenvalue weighted by Gasteiger charge is -2.28. The van der Waals surface area contributed by atoms with Crippen LogP contribution in [0, 0.1) is 6.92 Å². The maximum absolute atomic E-state index is 5.45. The number of aryl methyl sites for hydroxylation is 1. The predicted molar refractivity (Wildman–Crippen MR) is 94.3 cm³/mol. The first-order valence-electron chi connectivity index (χ1n) is 8.40. The average Bonchev–Trinajstić information content (AvgIpc) is 3.10. The molecule has 3 heterocycles. The van der Waals surface area contributed by atoms with Crippen LogP contribution in [0.15, 0.2) is 24.4 Å². The monoisotopic (exact) mass is 323 g/mol. The largest absolute Gasteiger partial charge is 0.378 e. The summed E-state index contributed by atoms with van der Waals surface area (Å²) in [5, 5.41) is 8.32. The second-order valence-electron chi connectivity index (χ2n) is 6.03. The van der Waals surface area contributed by atoms with E-state index in [0.717, 1.165) is 66.5 Å². The van der Waals surface area contributed by atoms with E-state index in [4.69, 9.17) is 14.7 Å². The summed E-state index contributed by atoms with van der Waals surface area (Å²) in [6, 6.07) is 6.19. The zero-order valence-electron chi connectivity index (χ0n) is 14.0. The molecule has 0 saturated carbocycles. The fourth-order valence-corrected chi connectivity index (χ4v) is 3.31. The maximum atomic E-state index is 5.45. The fourth-order valence-electron chi connectivity index (χ4n) is 3.31. The molecule has 0 atom stereocenters. The Morgan fingerprint density at radius 3 is 2.83 bits per heavy atom. The standard InChI is InChI=1S/C18H21N5O/c1-3-13-12(2)20-18(23-7-9-24-10-8-23)21-17(13)14-5-4-6-16-15(14)11-19-22-16/h4-6,11H,3,7-10H2,1-2H3,(H,19,22). The molecule has 0 spiro atoms. The molecule has 6 nitrogen and oxygen atoms in total. The lowest BCUT2D eigenvalue weighted by molar-refractivity contribution is 0.122. The molecule has 3 aromatic rings. The number of H-pyrrole nitrogens is 1. The van der Waals surface area contributed by atoms with Gasteiger partial charge in [-0.3, -0.25) is 5.10 Å². The van der Waals surface area contributed by atoms with Crippen LogP contribution in [0.5, 0.6) is 0 Å². The Morgan fingerprint density at radius 2 is 2.04 bits per heavy atom. The van der Waals surface area contributed by atoms with Gasteiger partial charge in [0.2, 0.25) is 5.95 Å². The highest BCUT2D eigenvalue weighted by molar-refractivity contribution is 5.94. The second kappa shape index (κ2) is 6.20. The molecule has 1 aromatic carbocycles. The summed E-state index contributed by atoms with van der Waals surface area (Å²) >= 11 is 0. The van der Waals surface area contributed by atoms with Crippen molar-refractivity contribution in [1.82, 2.24) is 20.2 Å². The van der Waals surface area contributed by atoms with Crippen molar-refractivity contribution in [3.8, 4) is 11.3 Å². The molecular weight excluding hydrogens is 302 g/mol. The molecule has 24 heavy (non-hydrogen) atoms. The van der Waals surface area contributed by atoms with Crippen LogP contribution >= 0.6 is 0 Å². The minimum Gasteiger partial charge on any atom is -0.378 e. The summed E-state index contributed by atoms with van der Waals surface area (Å²) in [5.74, 6) is 0.795. The van der Waals surface area contributed by atoms with Gasteiger partial charge in [0, 0.05) is 29.7 Å². The topological polar surface area (TPSA) is 66.9 Å². The Balaban J connectivity index is 1.89. The smallest absolute Gasteiger partial charge is 0.226 e. The highest BCUT2D eigenvalue weighted by atomic mass is 16.5. The Labute approximate surface area is 140 Å². The minimum absolute atomic E-state index is 0.727. The molecule has 0 amide bonds. The average molecular weight is 323 g/mol. The summed E-state index contributed by atoms with van der Waals surface area (Å²) < 4.78 is 5.45. The van der Waals surface area contributed by atoms with Crippen LogP contribution in [0.4, 0.5) is 5.95 Å². The summed E-state index contributed by atoms with van der Waals surface area (Å²) in [6.07, 6.45) is 2.77. The van der Waals surface area contributed by atoms with Gasteiger partial charge in [0.05, 0.1) is 30.6 Å². The van der Waals surface area contributed by atoms with Crippen LogP contribution < -0.4 is 4.90 Å². The number of fused-ring (bicyclic) bond motifs is 1. The van der Waals surface area contributed by atoms with Crippen LogP contribution in [-0.4, -0.2) is 46.5 Å². The number of rotatable bonds is 3. The van der Waals surface area contributed by atoms with E-state index < -0.39 is 0 Å². The molecule has 1 fully saturated rings. The third-order valence-electron chi connectivity index (χ3n) is 4.59. The van der Waals surface area contributed by atoms with Gasteiger partial charge in [-0.2, -0.15) is 5.10 Å². The molecule has 124 valence electrons. The van der Waals surface area contributed by atoms with Gasteiger partial charge in [0.15, 0.2) is 0 Å². The number of nitrogens with one attached hydrogen (secondary N) is 1. The zero-order valence-corrected chi connectivity index (χ0v) is 14.0. The highest BCUT2D eigenvalue weighted by Crippen LogP contribution is 2.31. The molecule has 1 aliphatic rings. The third-order valence-corrected chi connectivity index (χ3v) is 4.59. The number of morpholine rings is 1. The van der Waals surface area contributed by atoms with Crippen molar-refractivity contribution in [3.63, 3.8) is 0 Å². The van der Waals surface area contributed by atoms with Crippen molar-refractivity contribution in [2.75, 3.05) is 31.2 Å². The van der Waals surface area contributed by atoms with Crippen LogP contribution in [-0.2, 0) is 11.2 Å². The van der Waals surface area contributed by atoms with E-state index >= 15 is 0 Å². The van der Waals surface area contributed by atoms with E-state index in [-0.39, 0.29) is 0 Å². The maximum Gasteiger partial charge on any atom is 0.226 e. The Morgan fingerprint density at radius 1 is 1.21 bits per heavy atom. The SMILES string of the molecule is CCc1c(C)nc(N2CCOCC2)nc1-c1cccc2[nH]ncc12. The Hall–Kier alpha value is -2.47. The number of aromatic nitrogens is 4. The Kier molecular flexibility index (Phi) is 3.90. The first kappa shape index (κ1) is 15.1. The summed E-state index contributed by atoms with van der Waals surface area (Å²) in [4.78, 5) is 11.9. The van der Waals surface area contributed by atoms with Gasteiger partial charge < -0.3 is 9.64 Å². The number of nitrogens with zero attached hydrogens (tertiary/aromatic N) is 4. The van der Waals surface area contributed by atoms with Gasteiger partial charge in [-0.1, -0.05) is 19.1 Å². The van der Waals surface area contributed by atoms with E-state index in [0.29, 0.717) is 0 Å². The molecule has 0 unspecified atom stereocenters. The van der Waals surface area contributed by atoms with E-state index in [9.17, 15) is 0 Å². The van der Waals surface area contributed by atoms with Crippen molar-refractivity contribution >= 4 is 16.9 Å². The number of aromatic amines is 1. The second-order valence-corrected chi connectivity index (χ2v) is 6.03. The van der Waals surface area contributed by atoms with Crippen LogP contribution in [0.25, 0.3) is 22.2 Å². The molecule has 2 aromatic heterocycles. The van der Waals surface area contributed by atoms with E-state index in [1.54, 1.807) is 0 Å². The van der Waals surface area contributed by atoms with E-state index in [2.05, 4.69) is 35.0 Å². The third kappa shape index (κ3) is 2.53. The van der Waals surface area contributed by atoms with Crippen LogP contribution in [0.2, 0.25) is 0 Å². The van der Waals surface area contributed by atoms with E-state index in [1.807, 2.05) is 18.3 Å². The number of hydrogen-bond donors (Lipinski definition) is 1. The summed E-state index contributed by atoms with van der Waals surface area (Å²) in [7, 11) is 0. The van der Waals surface area contributed by atoms with Crippen molar-refractivity contribution in [1.29, 1.82) is 0 Å². The van der Waals surface area contributed by atoms with Gasteiger partial charge in [-0.05, 0) is 25.0 Å². The number of benzene rings is 1. The molecule has 0 aliphatic carbocycles. The fraction of sp³-hybridized carbons (Fsp3) is 0.389. The Bertz CT molecular complexity index is 867. The number of anilines is 1. The first-order chi connectivity index (χ1) is 11.8. The lowest BCUT2D eigenvalue weighted by Crippen LogP contribution is -2.37. The molecule has 0 bridgehead atoms. The molecule has 0 radical (unpaired) electrons. The summed E-state index contributed by atoms with van der Waals surface area (Å²) in [5.41, 5.74) is 5.39. The van der Waals surface area contributed by atoms with Gasteiger partial charge in [0.25, 0.3) is 0 Å². The van der Waals surface area contributed by atoms with Crippen LogP contribution in [0.3, 0.4) is 0 Å². The lowest BCUT2D eigenvalue weighted by atomic mass is 10.00. The van der Waals surface area contributed by atoms with Crippen molar-refractivity contribution < 1.29 is 4.74 Å². The molecule has 4 rings (SSSR count). The van der Waals surface area contributed by atoms with Gasteiger partial charge in [-0.25, -0.2) is 9.97 Å². The number of ether oxygens (including phenoxy) is 1. The normalized spacial score (nSPS) is 15.2. The van der Waals surface area contributed by atoms with Gasteiger partial charge in [0.1, 0.15) is 0 Å². The first-order valence-corrected chi connectivity index (χ1v) is 8.40. The van der Waals surface area contributed by atoms with Crippen molar-refractivity contribution in [2.45, 2.75) is 20.3 Å². The number of hydrogen-bond acceptors (Lipinski definition) is 5. The van der Waals surface area contributed by atoms with Crippen LogP contribution in [0.1, 0.15) is 18.2 Å². The summed E-state index contributed by atoms with van der Waals surface area (Å²) in [6.45, 7) is 7.35. The van der Waals surface area contributed by atoms with Gasteiger partial charge >= 0.3 is 0 Å². The quantitative estimate of drug-likeness (QED) is 0.803. The van der Waals surface area contributed by atoms with Crippen molar-refractivity contribution in [3.05, 3.63) is 35.7 Å². The molecular formula is C18H21N5O. The van der Waals surface area contributed by atoms with Gasteiger partial charge in [-0.15, -0.1) is 0 Å². The molecule has 1 saturated heterocycles. The van der Waals surface area contributed by atoms with Crippen molar-refractivity contribution in [2.24, 2.45) is 0 Å². The molecule has 1 N–H and O–H groups in total. The zero-order chi connectivity index (χ0) is 16.5. The highest BCUT2D eigenvalue weighted by Gasteiger charge is 2.19. The van der Waals surface area contributed by atoms with E-state index in [1.165, 1.54) is 5.56 Å². The molecule has 6 heteroatoms. The minimum atomic E-state index is 0.727. The predicted octanol–water partition coefficient (Wildman–Crippen LogP) is 2.73. The molecule has 1 aliphatic heterocycles.